The van der Waals surface area contributed by atoms with Gasteiger partial charge in [-0.15, -0.1) is 0 Å². The molecule has 4 heteroatoms. The second kappa shape index (κ2) is 8.14. The number of carbonyl (C=O) groups excluding carboxylic acids is 1. The molecule has 1 unspecified atom stereocenters. The van der Waals surface area contributed by atoms with Crippen LogP contribution >= 0.6 is 0 Å². The fourth-order valence-electron chi connectivity index (χ4n) is 2.70. The average molecular weight is 299 g/mol. The first-order valence-corrected chi connectivity index (χ1v) is 8.37. The first-order valence-electron chi connectivity index (χ1n) is 8.37. The van der Waals surface area contributed by atoms with Crippen LogP contribution in [0.15, 0.2) is 0 Å². The summed E-state index contributed by atoms with van der Waals surface area (Å²) in [7, 11) is 0. The van der Waals surface area contributed by atoms with Crippen LogP contribution in [0, 0.1) is 5.41 Å². The van der Waals surface area contributed by atoms with Crippen molar-refractivity contribution in [2.75, 3.05) is 19.8 Å². The van der Waals surface area contributed by atoms with Crippen molar-refractivity contribution in [3.63, 3.8) is 0 Å². The zero-order valence-corrected chi connectivity index (χ0v) is 14.5. The smallest absolute Gasteiger partial charge is 0.328 e. The van der Waals surface area contributed by atoms with Crippen LogP contribution in [0.5, 0.6) is 0 Å². The van der Waals surface area contributed by atoms with E-state index in [2.05, 4.69) is 26.1 Å². The molecule has 1 N–H and O–H groups in total. The zero-order chi connectivity index (χ0) is 15.9. The summed E-state index contributed by atoms with van der Waals surface area (Å²) in [5.74, 6) is -0.213. The average Bonchev–Trinajstić information content (AvgIpc) is 2.44. The van der Waals surface area contributed by atoms with E-state index in [1.54, 1.807) is 0 Å². The molecule has 1 aliphatic carbocycles. The largest absolute Gasteiger partial charge is 0.465 e. The van der Waals surface area contributed by atoms with Gasteiger partial charge in [0.2, 0.25) is 0 Å². The van der Waals surface area contributed by atoms with E-state index in [1.807, 2.05) is 13.8 Å². The predicted molar refractivity (Wildman–Crippen MR) is 85.3 cm³/mol. The molecule has 1 fully saturated rings. The quantitative estimate of drug-likeness (QED) is 0.699. The van der Waals surface area contributed by atoms with E-state index in [0.29, 0.717) is 18.6 Å². The Hall–Kier alpha value is -0.610. The molecule has 4 nitrogen and oxygen atoms in total. The summed E-state index contributed by atoms with van der Waals surface area (Å²) in [4.78, 5) is 12.2. The van der Waals surface area contributed by atoms with Crippen molar-refractivity contribution in [3.05, 3.63) is 0 Å². The lowest BCUT2D eigenvalue weighted by Crippen LogP contribution is -2.55. The molecule has 0 bridgehead atoms. The van der Waals surface area contributed by atoms with Gasteiger partial charge < -0.3 is 14.8 Å². The Morgan fingerprint density at radius 2 is 1.90 bits per heavy atom. The van der Waals surface area contributed by atoms with Crippen LogP contribution in [0.4, 0.5) is 0 Å². The van der Waals surface area contributed by atoms with Gasteiger partial charge in [-0.3, -0.25) is 0 Å². The predicted octanol–water partition coefficient (Wildman–Crippen LogP) is 3.29. The van der Waals surface area contributed by atoms with Crippen molar-refractivity contribution in [1.29, 1.82) is 0 Å². The van der Waals surface area contributed by atoms with E-state index in [4.69, 9.17) is 9.47 Å². The number of carbonyl (C=O) groups is 1. The Morgan fingerprint density at radius 1 is 1.29 bits per heavy atom. The van der Waals surface area contributed by atoms with Crippen LogP contribution < -0.4 is 5.32 Å². The SMILES string of the molecule is CCCNC(C)(COC1CCC(C)(C)CC1)C(=O)OCC. The summed E-state index contributed by atoms with van der Waals surface area (Å²) in [6.07, 6.45) is 5.80. The number of esters is 1. The van der Waals surface area contributed by atoms with Crippen LogP contribution in [0.2, 0.25) is 0 Å². The fourth-order valence-corrected chi connectivity index (χ4v) is 2.70. The lowest BCUT2D eigenvalue weighted by Gasteiger charge is -2.36. The van der Waals surface area contributed by atoms with Gasteiger partial charge in [0.25, 0.3) is 0 Å². The van der Waals surface area contributed by atoms with E-state index in [-0.39, 0.29) is 12.1 Å². The molecule has 0 heterocycles. The normalized spacial score (nSPS) is 21.8. The molecule has 1 saturated carbocycles. The van der Waals surface area contributed by atoms with E-state index < -0.39 is 5.54 Å². The van der Waals surface area contributed by atoms with Crippen molar-refractivity contribution in [3.8, 4) is 0 Å². The Bertz CT molecular complexity index is 320. The van der Waals surface area contributed by atoms with E-state index >= 15 is 0 Å². The number of hydrogen-bond donors (Lipinski definition) is 1. The van der Waals surface area contributed by atoms with Crippen LogP contribution in [-0.4, -0.2) is 37.4 Å². The first kappa shape index (κ1) is 18.4. The molecule has 0 spiro atoms. The minimum atomic E-state index is -0.737. The highest BCUT2D eigenvalue weighted by Gasteiger charge is 2.36. The number of rotatable bonds is 8. The maximum absolute atomic E-state index is 12.2. The van der Waals surface area contributed by atoms with Gasteiger partial charge in [-0.2, -0.15) is 0 Å². The van der Waals surface area contributed by atoms with Crippen molar-refractivity contribution in [2.45, 2.75) is 78.4 Å². The Morgan fingerprint density at radius 3 is 2.43 bits per heavy atom. The summed E-state index contributed by atoms with van der Waals surface area (Å²) in [6, 6.07) is 0. The third-order valence-electron chi connectivity index (χ3n) is 4.39. The van der Waals surface area contributed by atoms with Gasteiger partial charge in [0, 0.05) is 0 Å². The minimum Gasteiger partial charge on any atom is -0.465 e. The van der Waals surface area contributed by atoms with Crippen molar-refractivity contribution in [2.24, 2.45) is 5.41 Å². The third-order valence-corrected chi connectivity index (χ3v) is 4.39. The molecule has 0 radical (unpaired) electrons. The van der Waals surface area contributed by atoms with Gasteiger partial charge in [0.05, 0.1) is 19.3 Å². The molecule has 124 valence electrons. The van der Waals surface area contributed by atoms with Crippen molar-refractivity contribution in [1.82, 2.24) is 5.32 Å². The molecule has 0 aromatic rings. The molecule has 1 rings (SSSR count). The lowest BCUT2D eigenvalue weighted by molar-refractivity contribution is -0.155. The van der Waals surface area contributed by atoms with Crippen LogP contribution in [0.1, 0.15) is 66.7 Å². The van der Waals surface area contributed by atoms with E-state index in [1.165, 1.54) is 12.8 Å². The molecule has 0 amide bonds. The Labute approximate surface area is 130 Å². The molecule has 0 aromatic heterocycles. The van der Waals surface area contributed by atoms with Crippen LogP contribution in [-0.2, 0) is 14.3 Å². The van der Waals surface area contributed by atoms with Crippen LogP contribution in [0.25, 0.3) is 0 Å². The molecule has 0 aromatic carbocycles. The standard InChI is InChI=1S/C17H33NO3/c1-6-12-18-17(5,15(19)20-7-2)13-21-14-8-10-16(3,4)11-9-14/h14,18H,6-13H2,1-5H3. The van der Waals surface area contributed by atoms with Gasteiger partial charge in [-0.1, -0.05) is 20.8 Å². The number of nitrogens with one attached hydrogen (secondary N) is 1. The third kappa shape index (κ3) is 5.95. The van der Waals surface area contributed by atoms with Gasteiger partial charge in [-0.05, 0) is 57.9 Å². The number of ether oxygens (including phenoxy) is 2. The Kier molecular flexibility index (Phi) is 7.14. The minimum absolute atomic E-state index is 0.213. The monoisotopic (exact) mass is 299 g/mol. The molecule has 1 aliphatic rings. The zero-order valence-electron chi connectivity index (χ0n) is 14.5. The van der Waals surface area contributed by atoms with Gasteiger partial charge >= 0.3 is 5.97 Å². The summed E-state index contributed by atoms with van der Waals surface area (Å²) < 4.78 is 11.2. The number of hydrogen-bond acceptors (Lipinski definition) is 4. The molecule has 21 heavy (non-hydrogen) atoms. The van der Waals surface area contributed by atoms with E-state index in [0.717, 1.165) is 25.8 Å². The van der Waals surface area contributed by atoms with E-state index in [9.17, 15) is 4.79 Å². The van der Waals surface area contributed by atoms with Crippen molar-refractivity contribution >= 4 is 5.97 Å². The summed E-state index contributed by atoms with van der Waals surface area (Å²) in [5.41, 5.74) is -0.302. The van der Waals surface area contributed by atoms with Crippen LogP contribution in [0.3, 0.4) is 0 Å². The molecular weight excluding hydrogens is 266 g/mol. The second-order valence-electron chi connectivity index (χ2n) is 7.15. The molecule has 1 atom stereocenters. The maximum atomic E-state index is 12.2. The first-order chi connectivity index (χ1) is 9.83. The lowest BCUT2D eigenvalue weighted by atomic mass is 9.76. The maximum Gasteiger partial charge on any atom is 0.328 e. The highest BCUT2D eigenvalue weighted by atomic mass is 16.5. The second-order valence-corrected chi connectivity index (χ2v) is 7.15. The Balaban J connectivity index is 2.51. The summed E-state index contributed by atoms with van der Waals surface area (Å²) in [6.45, 7) is 12.0. The molecule has 0 aliphatic heterocycles. The fraction of sp³-hybridized carbons (Fsp3) is 0.941. The molecule has 0 saturated heterocycles. The molecular formula is C17H33NO3. The highest BCUT2D eigenvalue weighted by molar-refractivity contribution is 5.80. The highest BCUT2D eigenvalue weighted by Crippen LogP contribution is 2.36. The van der Waals surface area contributed by atoms with Crippen molar-refractivity contribution < 1.29 is 14.3 Å². The summed E-state index contributed by atoms with van der Waals surface area (Å²) >= 11 is 0. The topological polar surface area (TPSA) is 47.6 Å². The van der Waals surface area contributed by atoms with Gasteiger partial charge in [0.1, 0.15) is 5.54 Å². The van der Waals surface area contributed by atoms with Gasteiger partial charge in [-0.25, -0.2) is 4.79 Å². The van der Waals surface area contributed by atoms with Gasteiger partial charge in [0.15, 0.2) is 0 Å². The summed E-state index contributed by atoms with van der Waals surface area (Å²) in [5, 5.41) is 3.29.